The van der Waals surface area contributed by atoms with E-state index in [0.29, 0.717) is 19.6 Å². The van der Waals surface area contributed by atoms with Gasteiger partial charge in [-0.3, -0.25) is 4.79 Å². The van der Waals surface area contributed by atoms with Crippen molar-refractivity contribution in [1.82, 2.24) is 10.2 Å². The summed E-state index contributed by atoms with van der Waals surface area (Å²) in [4.78, 5) is 12.8. The average molecular weight is 159 g/mol. The van der Waals surface area contributed by atoms with Crippen LogP contribution in [-0.4, -0.2) is 44.5 Å². The monoisotopic (exact) mass is 159 g/mol. The van der Waals surface area contributed by atoms with Gasteiger partial charge in [-0.25, -0.2) is 0 Å². The maximum Gasteiger partial charge on any atom is 0.234 e. The highest BCUT2D eigenvalue weighted by molar-refractivity contribution is 5.77. The number of rotatable bonds is 5. The highest BCUT2D eigenvalue weighted by Gasteiger charge is 1.99. The third-order valence-electron chi connectivity index (χ3n) is 1.16. The molecule has 0 aromatic rings. The van der Waals surface area contributed by atoms with E-state index in [9.17, 15) is 4.79 Å². The molecular weight excluding hydrogens is 142 g/mol. The second-order valence-corrected chi connectivity index (χ2v) is 2.73. The van der Waals surface area contributed by atoms with E-state index < -0.39 is 0 Å². The molecular formula is C7H17N3O. The summed E-state index contributed by atoms with van der Waals surface area (Å²) in [6.07, 6.45) is 0.846. The number of hydrogen-bond donors (Lipinski definition) is 2. The summed E-state index contributed by atoms with van der Waals surface area (Å²) >= 11 is 0. The molecule has 0 aromatic carbocycles. The lowest BCUT2D eigenvalue weighted by Crippen LogP contribution is -2.34. The molecule has 0 aliphatic heterocycles. The number of amides is 1. The van der Waals surface area contributed by atoms with Gasteiger partial charge < -0.3 is 16.0 Å². The van der Waals surface area contributed by atoms with Crippen LogP contribution in [-0.2, 0) is 4.79 Å². The standard InChI is InChI=1S/C7H17N3O/c1-10(2)6-7(11)9-5-3-4-8/h3-6,8H2,1-2H3,(H,9,11). The Morgan fingerprint density at radius 2 is 2.18 bits per heavy atom. The fourth-order valence-corrected chi connectivity index (χ4v) is 0.673. The quantitative estimate of drug-likeness (QED) is 0.507. The number of hydrogen-bond acceptors (Lipinski definition) is 3. The van der Waals surface area contributed by atoms with Crippen LogP contribution < -0.4 is 11.1 Å². The van der Waals surface area contributed by atoms with Gasteiger partial charge in [0.2, 0.25) is 5.91 Å². The maximum atomic E-state index is 10.9. The summed E-state index contributed by atoms with van der Waals surface area (Å²) < 4.78 is 0. The van der Waals surface area contributed by atoms with E-state index >= 15 is 0 Å². The fourth-order valence-electron chi connectivity index (χ4n) is 0.673. The Hall–Kier alpha value is -0.610. The summed E-state index contributed by atoms with van der Waals surface area (Å²) in [5.41, 5.74) is 5.25. The number of nitrogens with zero attached hydrogens (tertiary/aromatic N) is 1. The minimum absolute atomic E-state index is 0.0588. The smallest absolute Gasteiger partial charge is 0.234 e. The van der Waals surface area contributed by atoms with E-state index in [4.69, 9.17) is 5.73 Å². The average Bonchev–Trinajstić information content (AvgIpc) is 1.86. The van der Waals surface area contributed by atoms with Gasteiger partial charge in [0.05, 0.1) is 6.54 Å². The Labute approximate surface area is 67.7 Å². The Morgan fingerprint density at radius 3 is 2.64 bits per heavy atom. The molecule has 4 nitrogen and oxygen atoms in total. The van der Waals surface area contributed by atoms with Crippen molar-refractivity contribution in [2.75, 3.05) is 33.7 Å². The van der Waals surface area contributed by atoms with Crippen LogP contribution in [0, 0.1) is 0 Å². The molecule has 0 bridgehead atoms. The van der Waals surface area contributed by atoms with Crippen LogP contribution >= 0.6 is 0 Å². The van der Waals surface area contributed by atoms with Crippen LogP contribution in [0.4, 0.5) is 0 Å². The van der Waals surface area contributed by atoms with E-state index in [1.807, 2.05) is 19.0 Å². The van der Waals surface area contributed by atoms with Crippen molar-refractivity contribution in [3.63, 3.8) is 0 Å². The van der Waals surface area contributed by atoms with Gasteiger partial charge in [-0.2, -0.15) is 0 Å². The van der Waals surface area contributed by atoms with Crippen molar-refractivity contribution in [2.45, 2.75) is 6.42 Å². The normalized spacial score (nSPS) is 10.2. The molecule has 0 spiro atoms. The zero-order valence-electron chi connectivity index (χ0n) is 7.26. The molecule has 0 unspecified atom stereocenters. The number of likely N-dealkylation sites (N-methyl/N-ethyl adjacent to an activating group) is 1. The molecule has 0 heterocycles. The van der Waals surface area contributed by atoms with Gasteiger partial charge in [0.1, 0.15) is 0 Å². The second kappa shape index (κ2) is 6.12. The van der Waals surface area contributed by atoms with Gasteiger partial charge in [0.25, 0.3) is 0 Å². The summed E-state index contributed by atoms with van der Waals surface area (Å²) in [6.45, 7) is 1.76. The molecule has 0 atom stereocenters. The van der Waals surface area contributed by atoms with Gasteiger partial charge >= 0.3 is 0 Å². The number of carbonyl (C=O) groups excluding carboxylic acids is 1. The van der Waals surface area contributed by atoms with Gasteiger partial charge in [-0.15, -0.1) is 0 Å². The molecule has 3 N–H and O–H groups in total. The fraction of sp³-hybridized carbons (Fsp3) is 0.857. The second-order valence-electron chi connectivity index (χ2n) is 2.73. The van der Waals surface area contributed by atoms with Crippen LogP contribution in [0.5, 0.6) is 0 Å². The molecule has 0 aliphatic rings. The highest BCUT2D eigenvalue weighted by Crippen LogP contribution is 1.75. The van der Waals surface area contributed by atoms with Crippen LogP contribution in [0.1, 0.15) is 6.42 Å². The largest absolute Gasteiger partial charge is 0.355 e. The molecule has 0 aliphatic carbocycles. The third-order valence-corrected chi connectivity index (χ3v) is 1.16. The summed E-state index contributed by atoms with van der Waals surface area (Å²) in [7, 11) is 3.73. The Kier molecular flexibility index (Phi) is 5.78. The predicted molar refractivity (Wildman–Crippen MR) is 45.2 cm³/mol. The number of carbonyl (C=O) groups is 1. The minimum atomic E-state index is 0.0588. The Bertz CT molecular complexity index is 114. The molecule has 4 heteroatoms. The zero-order chi connectivity index (χ0) is 8.69. The topological polar surface area (TPSA) is 58.4 Å². The van der Waals surface area contributed by atoms with Crippen molar-refractivity contribution >= 4 is 5.91 Å². The van der Waals surface area contributed by atoms with E-state index in [2.05, 4.69) is 5.32 Å². The predicted octanol–water partition coefficient (Wildman–Crippen LogP) is -0.987. The Morgan fingerprint density at radius 1 is 1.55 bits per heavy atom. The first-order valence-electron chi connectivity index (χ1n) is 3.78. The van der Waals surface area contributed by atoms with Gasteiger partial charge in [-0.1, -0.05) is 0 Å². The third kappa shape index (κ3) is 7.29. The van der Waals surface area contributed by atoms with Gasteiger partial charge in [0.15, 0.2) is 0 Å². The molecule has 11 heavy (non-hydrogen) atoms. The summed E-state index contributed by atoms with van der Waals surface area (Å²) in [5.74, 6) is 0.0588. The molecule has 0 aromatic heterocycles. The SMILES string of the molecule is CN(C)CC(=O)NCCCN. The molecule has 0 saturated carbocycles. The molecule has 0 saturated heterocycles. The lowest BCUT2D eigenvalue weighted by molar-refractivity contribution is -0.121. The van der Waals surface area contributed by atoms with Crippen LogP contribution in [0.3, 0.4) is 0 Å². The lowest BCUT2D eigenvalue weighted by Gasteiger charge is -2.09. The molecule has 1 amide bonds. The van der Waals surface area contributed by atoms with Crippen LogP contribution in [0.15, 0.2) is 0 Å². The summed E-state index contributed by atoms with van der Waals surface area (Å²) in [6, 6.07) is 0. The molecule has 0 radical (unpaired) electrons. The number of nitrogens with one attached hydrogen (secondary N) is 1. The van der Waals surface area contributed by atoms with E-state index in [1.165, 1.54) is 0 Å². The first-order chi connectivity index (χ1) is 5.16. The van der Waals surface area contributed by atoms with E-state index in [-0.39, 0.29) is 5.91 Å². The van der Waals surface area contributed by atoms with Crippen LogP contribution in [0.2, 0.25) is 0 Å². The van der Waals surface area contributed by atoms with E-state index in [1.54, 1.807) is 0 Å². The zero-order valence-corrected chi connectivity index (χ0v) is 7.26. The minimum Gasteiger partial charge on any atom is -0.355 e. The highest BCUT2D eigenvalue weighted by atomic mass is 16.1. The maximum absolute atomic E-state index is 10.9. The number of nitrogens with two attached hydrogens (primary N) is 1. The van der Waals surface area contributed by atoms with Crippen molar-refractivity contribution < 1.29 is 4.79 Å². The molecule has 66 valence electrons. The van der Waals surface area contributed by atoms with Gasteiger partial charge in [-0.05, 0) is 27.1 Å². The molecule has 0 rings (SSSR count). The first kappa shape index (κ1) is 10.4. The van der Waals surface area contributed by atoms with Crippen molar-refractivity contribution in [2.24, 2.45) is 5.73 Å². The Balaban J connectivity index is 3.23. The van der Waals surface area contributed by atoms with Crippen LogP contribution in [0.25, 0.3) is 0 Å². The van der Waals surface area contributed by atoms with Crippen molar-refractivity contribution in [3.05, 3.63) is 0 Å². The first-order valence-corrected chi connectivity index (χ1v) is 3.78. The van der Waals surface area contributed by atoms with E-state index in [0.717, 1.165) is 6.42 Å². The molecule has 0 fully saturated rings. The summed E-state index contributed by atoms with van der Waals surface area (Å²) in [5, 5.41) is 2.75. The van der Waals surface area contributed by atoms with Crippen molar-refractivity contribution in [1.29, 1.82) is 0 Å². The van der Waals surface area contributed by atoms with Crippen molar-refractivity contribution in [3.8, 4) is 0 Å². The lowest BCUT2D eigenvalue weighted by atomic mass is 10.4. The van der Waals surface area contributed by atoms with Gasteiger partial charge in [0, 0.05) is 6.54 Å².